The maximum Gasteiger partial charge on any atom is 0.222 e. The van der Waals surface area contributed by atoms with E-state index in [4.69, 9.17) is 5.73 Å². The quantitative estimate of drug-likeness (QED) is 0.806. The van der Waals surface area contributed by atoms with Crippen molar-refractivity contribution in [2.45, 2.75) is 18.8 Å². The molecule has 5 nitrogen and oxygen atoms in total. The van der Waals surface area contributed by atoms with Gasteiger partial charge < -0.3 is 16.0 Å². The van der Waals surface area contributed by atoms with E-state index >= 15 is 0 Å². The van der Waals surface area contributed by atoms with Gasteiger partial charge in [0.15, 0.2) is 0 Å². The van der Waals surface area contributed by atoms with Gasteiger partial charge in [-0.25, -0.2) is 4.98 Å². The Morgan fingerprint density at radius 2 is 2.17 bits per heavy atom. The summed E-state index contributed by atoms with van der Waals surface area (Å²) >= 11 is 0. The molecule has 0 amide bonds. The van der Waals surface area contributed by atoms with Crippen LogP contribution in [-0.4, -0.2) is 29.6 Å². The van der Waals surface area contributed by atoms with Crippen LogP contribution in [0.25, 0.3) is 0 Å². The third-order valence-corrected chi connectivity index (χ3v) is 4.06. The van der Waals surface area contributed by atoms with Crippen LogP contribution in [0.4, 0.5) is 11.8 Å². The van der Waals surface area contributed by atoms with E-state index < -0.39 is 0 Å². The molecule has 3 N–H and O–H groups in total. The summed E-state index contributed by atoms with van der Waals surface area (Å²) in [5.41, 5.74) is 8.45. The van der Waals surface area contributed by atoms with Gasteiger partial charge in [-0.3, -0.25) is 0 Å². The molecule has 4 rings (SSSR count). The average molecular weight is 243 g/mol. The Balaban J connectivity index is 1.64. The van der Waals surface area contributed by atoms with Crippen LogP contribution >= 0.6 is 0 Å². The molecule has 1 atom stereocenters. The highest BCUT2D eigenvalue weighted by molar-refractivity contribution is 5.49. The topological polar surface area (TPSA) is 67.1 Å². The molecule has 1 saturated heterocycles. The van der Waals surface area contributed by atoms with E-state index in [-0.39, 0.29) is 0 Å². The molecule has 0 spiro atoms. The van der Waals surface area contributed by atoms with Crippen molar-refractivity contribution in [3.8, 4) is 0 Å². The van der Waals surface area contributed by atoms with Gasteiger partial charge in [0.25, 0.3) is 0 Å². The van der Waals surface area contributed by atoms with Crippen LogP contribution in [-0.2, 0) is 0 Å². The van der Waals surface area contributed by atoms with Gasteiger partial charge in [0.1, 0.15) is 5.82 Å². The molecule has 2 fully saturated rings. The summed E-state index contributed by atoms with van der Waals surface area (Å²) in [5.74, 6) is 2.68. The molecule has 94 valence electrons. The number of rotatable bonds is 2. The monoisotopic (exact) mass is 243 g/mol. The van der Waals surface area contributed by atoms with Crippen LogP contribution in [0.3, 0.4) is 0 Å². The molecule has 0 bridgehead atoms. The molecule has 3 aliphatic rings. The van der Waals surface area contributed by atoms with Crippen molar-refractivity contribution in [3.63, 3.8) is 0 Å². The number of fused-ring (bicyclic) bond motifs is 1. The van der Waals surface area contributed by atoms with E-state index in [9.17, 15) is 0 Å². The molecule has 5 heteroatoms. The van der Waals surface area contributed by atoms with Crippen molar-refractivity contribution < 1.29 is 0 Å². The van der Waals surface area contributed by atoms with Crippen molar-refractivity contribution in [1.82, 2.24) is 15.3 Å². The number of nitrogens with one attached hydrogen (secondary N) is 1. The minimum absolute atomic E-state index is 0.415. The molecular weight excluding hydrogens is 226 g/mol. The van der Waals surface area contributed by atoms with Gasteiger partial charge in [0.05, 0.1) is 5.69 Å². The normalized spacial score (nSPS) is 25.9. The number of hydrogen-bond acceptors (Lipinski definition) is 5. The van der Waals surface area contributed by atoms with Crippen LogP contribution in [0.1, 0.15) is 24.5 Å². The van der Waals surface area contributed by atoms with E-state index in [0.717, 1.165) is 31.1 Å². The summed E-state index contributed by atoms with van der Waals surface area (Å²) < 4.78 is 0. The summed E-state index contributed by atoms with van der Waals surface area (Å²) in [5, 5.41) is 3.30. The fourth-order valence-corrected chi connectivity index (χ4v) is 2.88. The zero-order chi connectivity index (χ0) is 12.1. The number of hydrogen-bond donors (Lipinski definition) is 2. The summed E-state index contributed by atoms with van der Waals surface area (Å²) in [6.45, 7) is 3.07. The van der Waals surface area contributed by atoms with Gasteiger partial charge in [0, 0.05) is 37.5 Å². The zero-order valence-electron chi connectivity index (χ0n) is 10.3. The first kappa shape index (κ1) is 10.2. The van der Waals surface area contributed by atoms with Crippen LogP contribution in [0.15, 0.2) is 17.8 Å². The standard InChI is InChI=1S/C13H17N5/c14-13-16-11(8-1-2-8)3-12(17-13)18-6-9-4-15-5-10(9)7-18/h3-4,8,10,15H,1-2,5-7H2,(H2,14,16,17). The molecule has 1 aliphatic carbocycles. The second-order valence-corrected chi connectivity index (χ2v) is 5.49. The molecule has 0 radical (unpaired) electrons. The van der Waals surface area contributed by atoms with Gasteiger partial charge in [-0.1, -0.05) is 0 Å². The Kier molecular flexibility index (Phi) is 2.04. The summed E-state index contributed by atoms with van der Waals surface area (Å²) in [7, 11) is 0. The predicted molar refractivity (Wildman–Crippen MR) is 70.2 cm³/mol. The first-order chi connectivity index (χ1) is 8.79. The molecular formula is C13H17N5. The minimum Gasteiger partial charge on any atom is -0.390 e. The first-order valence-electron chi connectivity index (χ1n) is 6.61. The Bertz CT molecular complexity index is 520. The van der Waals surface area contributed by atoms with Crippen molar-refractivity contribution in [1.29, 1.82) is 0 Å². The smallest absolute Gasteiger partial charge is 0.222 e. The van der Waals surface area contributed by atoms with Crippen LogP contribution in [0.2, 0.25) is 0 Å². The predicted octanol–water partition coefficient (Wildman–Crippen LogP) is 0.859. The lowest BCUT2D eigenvalue weighted by Crippen LogP contribution is -2.24. The second kappa shape index (κ2) is 3.60. The van der Waals surface area contributed by atoms with E-state index in [2.05, 4.69) is 32.5 Å². The van der Waals surface area contributed by atoms with Crippen molar-refractivity contribution in [2.75, 3.05) is 30.3 Å². The third-order valence-electron chi connectivity index (χ3n) is 4.06. The maximum absolute atomic E-state index is 5.83. The number of aromatic nitrogens is 2. The molecule has 0 aromatic carbocycles. The molecule has 1 aromatic rings. The van der Waals surface area contributed by atoms with Gasteiger partial charge >= 0.3 is 0 Å². The fraction of sp³-hybridized carbons (Fsp3) is 0.538. The highest BCUT2D eigenvalue weighted by Gasteiger charge is 2.32. The molecule has 1 saturated carbocycles. The summed E-state index contributed by atoms with van der Waals surface area (Å²) in [6.07, 6.45) is 4.64. The van der Waals surface area contributed by atoms with Crippen molar-refractivity contribution in [2.24, 2.45) is 5.92 Å². The average Bonchev–Trinajstić information content (AvgIpc) is 2.97. The van der Waals surface area contributed by atoms with Gasteiger partial charge in [-0.2, -0.15) is 4.98 Å². The van der Waals surface area contributed by atoms with Gasteiger partial charge in [0.2, 0.25) is 5.95 Å². The SMILES string of the molecule is Nc1nc(C2CC2)cc(N2CC3=CNCC3C2)n1. The zero-order valence-corrected chi connectivity index (χ0v) is 10.3. The highest BCUT2D eigenvalue weighted by atomic mass is 15.2. The van der Waals surface area contributed by atoms with E-state index in [1.807, 2.05) is 0 Å². The fourth-order valence-electron chi connectivity index (χ4n) is 2.88. The lowest BCUT2D eigenvalue weighted by Gasteiger charge is -2.18. The summed E-state index contributed by atoms with van der Waals surface area (Å²) in [6, 6.07) is 2.13. The van der Waals surface area contributed by atoms with Crippen LogP contribution < -0.4 is 16.0 Å². The number of nitrogens with two attached hydrogens (primary N) is 1. The van der Waals surface area contributed by atoms with Gasteiger partial charge in [-0.05, 0) is 24.6 Å². The van der Waals surface area contributed by atoms with Crippen molar-refractivity contribution >= 4 is 11.8 Å². The molecule has 2 aliphatic heterocycles. The summed E-state index contributed by atoms with van der Waals surface area (Å²) in [4.78, 5) is 11.1. The lowest BCUT2D eigenvalue weighted by atomic mass is 10.1. The third kappa shape index (κ3) is 1.62. The van der Waals surface area contributed by atoms with Crippen LogP contribution in [0, 0.1) is 5.92 Å². The van der Waals surface area contributed by atoms with Crippen LogP contribution in [0.5, 0.6) is 0 Å². The Morgan fingerprint density at radius 3 is 2.94 bits per heavy atom. The number of anilines is 2. The van der Waals surface area contributed by atoms with Crippen molar-refractivity contribution in [3.05, 3.63) is 23.5 Å². The molecule has 1 aromatic heterocycles. The molecule has 18 heavy (non-hydrogen) atoms. The van der Waals surface area contributed by atoms with E-state index in [1.165, 1.54) is 18.4 Å². The number of nitrogens with zero attached hydrogens (tertiary/aromatic N) is 3. The molecule has 3 heterocycles. The number of nitrogen functional groups attached to an aromatic ring is 1. The largest absolute Gasteiger partial charge is 0.390 e. The Hall–Kier alpha value is -1.78. The van der Waals surface area contributed by atoms with Gasteiger partial charge in [-0.15, -0.1) is 0 Å². The maximum atomic E-state index is 5.83. The molecule has 1 unspecified atom stereocenters. The van der Waals surface area contributed by atoms with E-state index in [1.54, 1.807) is 0 Å². The lowest BCUT2D eigenvalue weighted by molar-refractivity contribution is 0.675. The Labute approximate surface area is 106 Å². The van der Waals surface area contributed by atoms with E-state index in [0.29, 0.717) is 17.8 Å². The second-order valence-electron chi connectivity index (χ2n) is 5.49. The highest BCUT2D eigenvalue weighted by Crippen LogP contribution is 2.40. The minimum atomic E-state index is 0.415. The Morgan fingerprint density at radius 1 is 1.28 bits per heavy atom. The first-order valence-corrected chi connectivity index (χ1v) is 6.61.